The fourth-order valence-corrected chi connectivity index (χ4v) is 1.77. The summed E-state index contributed by atoms with van der Waals surface area (Å²) in [4.78, 5) is 11.1. The number of nitrogens with zero attached hydrogens (tertiary/aromatic N) is 1. The van der Waals surface area contributed by atoms with Gasteiger partial charge in [-0.3, -0.25) is 4.79 Å². The number of hydrogen-bond donors (Lipinski definition) is 2. The van der Waals surface area contributed by atoms with Crippen molar-refractivity contribution >= 4 is 5.91 Å². The quantitative estimate of drug-likeness (QED) is 0.680. The zero-order valence-corrected chi connectivity index (χ0v) is 8.55. The molecule has 0 aliphatic heterocycles. The maximum atomic E-state index is 11.1. The van der Waals surface area contributed by atoms with E-state index < -0.39 is 0 Å². The summed E-state index contributed by atoms with van der Waals surface area (Å²) in [6, 6.07) is 2.05. The molecule has 1 saturated carbocycles. The van der Waals surface area contributed by atoms with Crippen LogP contribution < -0.4 is 11.1 Å². The first kappa shape index (κ1) is 11.0. The highest BCUT2D eigenvalue weighted by atomic mass is 16.1. The molecule has 14 heavy (non-hydrogen) atoms. The lowest BCUT2D eigenvalue weighted by Gasteiger charge is -2.34. The van der Waals surface area contributed by atoms with Gasteiger partial charge in [-0.05, 0) is 32.6 Å². The van der Waals surface area contributed by atoms with Crippen LogP contribution in [0.25, 0.3) is 0 Å². The topological polar surface area (TPSA) is 78.9 Å². The Labute approximate surface area is 84.5 Å². The molecule has 0 unspecified atom stereocenters. The van der Waals surface area contributed by atoms with Gasteiger partial charge in [0.15, 0.2) is 0 Å². The van der Waals surface area contributed by atoms with E-state index in [4.69, 9.17) is 11.0 Å². The Morgan fingerprint density at radius 2 is 2.21 bits per heavy atom. The molecular weight excluding hydrogens is 178 g/mol. The van der Waals surface area contributed by atoms with Crippen molar-refractivity contribution in [3.63, 3.8) is 0 Å². The molecule has 4 nitrogen and oxygen atoms in total. The molecule has 1 aliphatic carbocycles. The maximum Gasteiger partial charge on any atom is 0.234 e. The molecule has 3 N–H and O–H groups in total. The Bertz CT molecular complexity index is 245. The highest BCUT2D eigenvalue weighted by molar-refractivity contribution is 5.78. The van der Waals surface area contributed by atoms with Gasteiger partial charge in [0.2, 0.25) is 5.91 Å². The van der Waals surface area contributed by atoms with Gasteiger partial charge in [-0.1, -0.05) is 0 Å². The van der Waals surface area contributed by atoms with E-state index in [1.165, 1.54) is 0 Å². The minimum Gasteiger partial charge on any atom is -0.352 e. The standard InChI is InChI=1S/C10H17N3O/c1-10(12)5-2-8(3-6-10)13-9(14)4-7-11/h8H,2-6,12H2,1H3,(H,13,14). The summed E-state index contributed by atoms with van der Waals surface area (Å²) in [5.41, 5.74) is 5.89. The van der Waals surface area contributed by atoms with Crippen LogP contribution in [0.4, 0.5) is 0 Å². The Hall–Kier alpha value is -1.08. The van der Waals surface area contributed by atoms with Gasteiger partial charge in [-0.15, -0.1) is 0 Å². The van der Waals surface area contributed by atoms with E-state index in [1.807, 2.05) is 13.0 Å². The molecule has 0 atom stereocenters. The van der Waals surface area contributed by atoms with Crippen molar-refractivity contribution in [1.29, 1.82) is 5.26 Å². The number of nitrogens with two attached hydrogens (primary N) is 1. The molecular formula is C10H17N3O. The van der Waals surface area contributed by atoms with Gasteiger partial charge < -0.3 is 11.1 Å². The van der Waals surface area contributed by atoms with Crippen LogP contribution in [0, 0.1) is 11.3 Å². The van der Waals surface area contributed by atoms with Crippen LogP contribution in [-0.2, 0) is 4.79 Å². The Morgan fingerprint density at radius 3 is 2.71 bits per heavy atom. The zero-order valence-electron chi connectivity index (χ0n) is 8.55. The monoisotopic (exact) mass is 195 g/mol. The van der Waals surface area contributed by atoms with Gasteiger partial charge >= 0.3 is 0 Å². The molecule has 0 bridgehead atoms. The molecule has 0 saturated heterocycles. The van der Waals surface area contributed by atoms with E-state index >= 15 is 0 Å². The first-order valence-electron chi connectivity index (χ1n) is 4.99. The average Bonchev–Trinajstić information content (AvgIpc) is 2.09. The van der Waals surface area contributed by atoms with Crippen LogP contribution in [0.2, 0.25) is 0 Å². The van der Waals surface area contributed by atoms with Crippen LogP contribution >= 0.6 is 0 Å². The highest BCUT2D eigenvalue weighted by Crippen LogP contribution is 2.25. The largest absolute Gasteiger partial charge is 0.352 e. The van der Waals surface area contributed by atoms with Crippen LogP contribution in [0.3, 0.4) is 0 Å². The van der Waals surface area contributed by atoms with Crippen molar-refractivity contribution in [2.75, 3.05) is 0 Å². The number of carbonyl (C=O) groups excluding carboxylic acids is 1. The number of nitrogens with one attached hydrogen (secondary N) is 1. The van der Waals surface area contributed by atoms with E-state index in [-0.39, 0.29) is 23.9 Å². The van der Waals surface area contributed by atoms with Crippen molar-refractivity contribution in [2.24, 2.45) is 5.73 Å². The van der Waals surface area contributed by atoms with Gasteiger partial charge in [0, 0.05) is 11.6 Å². The summed E-state index contributed by atoms with van der Waals surface area (Å²) < 4.78 is 0. The first-order chi connectivity index (χ1) is 6.53. The second-order valence-corrected chi connectivity index (χ2v) is 4.33. The number of hydrogen-bond acceptors (Lipinski definition) is 3. The molecule has 0 heterocycles. The first-order valence-corrected chi connectivity index (χ1v) is 4.99. The number of nitriles is 1. The van der Waals surface area contributed by atoms with Crippen molar-refractivity contribution in [2.45, 2.75) is 50.6 Å². The number of rotatable bonds is 2. The average molecular weight is 195 g/mol. The molecule has 0 aromatic carbocycles. The lowest BCUT2D eigenvalue weighted by atomic mass is 9.81. The molecule has 1 rings (SSSR count). The summed E-state index contributed by atoms with van der Waals surface area (Å²) in [5, 5.41) is 11.2. The maximum absolute atomic E-state index is 11.1. The molecule has 0 spiro atoms. The van der Waals surface area contributed by atoms with E-state index in [0.29, 0.717) is 0 Å². The summed E-state index contributed by atoms with van der Waals surface area (Å²) in [6.45, 7) is 2.04. The van der Waals surface area contributed by atoms with Gasteiger partial charge in [0.25, 0.3) is 0 Å². The Balaban J connectivity index is 2.30. The van der Waals surface area contributed by atoms with Crippen molar-refractivity contribution in [1.82, 2.24) is 5.32 Å². The predicted octanol–water partition coefficient (Wildman–Crippen LogP) is 0.676. The van der Waals surface area contributed by atoms with Gasteiger partial charge in [0.05, 0.1) is 6.07 Å². The van der Waals surface area contributed by atoms with Crippen LogP contribution in [0.1, 0.15) is 39.0 Å². The molecule has 1 amide bonds. The van der Waals surface area contributed by atoms with E-state index in [9.17, 15) is 4.79 Å². The normalized spacial score (nSPS) is 31.9. The molecule has 0 aromatic heterocycles. The number of carbonyl (C=O) groups is 1. The van der Waals surface area contributed by atoms with E-state index in [2.05, 4.69) is 5.32 Å². The van der Waals surface area contributed by atoms with E-state index in [1.54, 1.807) is 0 Å². The summed E-state index contributed by atoms with van der Waals surface area (Å²) in [5.74, 6) is -0.168. The molecule has 0 radical (unpaired) electrons. The second kappa shape index (κ2) is 4.43. The van der Waals surface area contributed by atoms with Gasteiger partial charge in [-0.25, -0.2) is 0 Å². The lowest BCUT2D eigenvalue weighted by molar-refractivity contribution is -0.121. The van der Waals surface area contributed by atoms with Gasteiger partial charge in [0.1, 0.15) is 6.42 Å². The Kier molecular flexibility index (Phi) is 3.48. The third-order valence-electron chi connectivity index (χ3n) is 2.73. The van der Waals surface area contributed by atoms with Crippen LogP contribution in [-0.4, -0.2) is 17.5 Å². The molecule has 78 valence electrons. The van der Waals surface area contributed by atoms with Crippen molar-refractivity contribution in [3.05, 3.63) is 0 Å². The second-order valence-electron chi connectivity index (χ2n) is 4.33. The summed E-state index contributed by atoms with van der Waals surface area (Å²) in [6.07, 6.45) is 3.67. The smallest absolute Gasteiger partial charge is 0.234 e. The summed E-state index contributed by atoms with van der Waals surface area (Å²) >= 11 is 0. The highest BCUT2D eigenvalue weighted by Gasteiger charge is 2.27. The fourth-order valence-electron chi connectivity index (χ4n) is 1.77. The number of amides is 1. The van der Waals surface area contributed by atoms with Crippen molar-refractivity contribution < 1.29 is 4.79 Å². The minimum absolute atomic E-state index is 0.0452. The molecule has 1 fully saturated rings. The van der Waals surface area contributed by atoms with Crippen LogP contribution in [0.5, 0.6) is 0 Å². The third-order valence-corrected chi connectivity index (χ3v) is 2.73. The van der Waals surface area contributed by atoms with Gasteiger partial charge in [-0.2, -0.15) is 5.26 Å². The molecule has 4 heteroatoms. The minimum atomic E-state index is -0.168. The van der Waals surface area contributed by atoms with Crippen molar-refractivity contribution in [3.8, 4) is 6.07 Å². The predicted molar refractivity (Wildman–Crippen MR) is 53.2 cm³/mol. The molecule has 0 aromatic rings. The van der Waals surface area contributed by atoms with E-state index in [0.717, 1.165) is 25.7 Å². The summed E-state index contributed by atoms with van der Waals surface area (Å²) in [7, 11) is 0. The third kappa shape index (κ3) is 3.35. The van der Waals surface area contributed by atoms with Crippen LogP contribution in [0.15, 0.2) is 0 Å². The Morgan fingerprint density at radius 1 is 1.64 bits per heavy atom. The molecule has 1 aliphatic rings. The SMILES string of the molecule is CC1(N)CCC(NC(=O)CC#N)CC1. The fraction of sp³-hybridized carbons (Fsp3) is 0.800. The lowest BCUT2D eigenvalue weighted by Crippen LogP contribution is -2.46. The zero-order chi connectivity index (χ0) is 10.6.